The molecule has 4 heteroatoms. The van der Waals surface area contributed by atoms with Gasteiger partial charge < -0.3 is 9.73 Å². The number of thiazole rings is 1. The molecule has 0 radical (unpaired) electrons. The summed E-state index contributed by atoms with van der Waals surface area (Å²) in [7, 11) is 1.95. The Morgan fingerprint density at radius 3 is 2.93 bits per heavy atom. The van der Waals surface area contributed by atoms with Crippen molar-refractivity contribution < 1.29 is 4.42 Å². The maximum atomic E-state index is 5.61. The zero-order valence-corrected chi connectivity index (χ0v) is 9.67. The summed E-state index contributed by atoms with van der Waals surface area (Å²) >= 11 is 1.68. The molecule has 0 amide bonds. The fourth-order valence-corrected chi connectivity index (χ4v) is 2.17. The van der Waals surface area contributed by atoms with Gasteiger partial charge in [-0.05, 0) is 26.1 Å². The van der Waals surface area contributed by atoms with Crippen molar-refractivity contribution >= 4 is 11.3 Å². The van der Waals surface area contributed by atoms with E-state index in [2.05, 4.69) is 10.3 Å². The van der Waals surface area contributed by atoms with Crippen LogP contribution in [0.4, 0.5) is 0 Å². The van der Waals surface area contributed by atoms with E-state index in [-0.39, 0.29) is 6.04 Å². The molecule has 3 nitrogen and oxygen atoms in total. The van der Waals surface area contributed by atoms with E-state index in [9.17, 15) is 0 Å². The number of nitrogens with one attached hydrogen (secondary N) is 1. The number of likely N-dealkylation sites (N-methyl/N-ethyl adjacent to an activating group) is 1. The second kappa shape index (κ2) is 4.59. The fourth-order valence-electron chi connectivity index (χ4n) is 1.53. The summed E-state index contributed by atoms with van der Waals surface area (Å²) < 4.78 is 5.61. The molecule has 1 unspecified atom stereocenters. The van der Waals surface area contributed by atoms with Gasteiger partial charge in [0.25, 0.3) is 0 Å². The average Bonchev–Trinajstić information content (AvgIpc) is 2.85. The van der Waals surface area contributed by atoms with Gasteiger partial charge in [-0.2, -0.15) is 0 Å². The summed E-state index contributed by atoms with van der Waals surface area (Å²) in [6, 6.07) is 4.25. The summed E-state index contributed by atoms with van der Waals surface area (Å²) in [4.78, 5) is 5.34. The van der Waals surface area contributed by atoms with Crippen LogP contribution in [-0.2, 0) is 6.42 Å². The van der Waals surface area contributed by atoms with E-state index in [0.29, 0.717) is 0 Å². The monoisotopic (exact) mass is 222 g/mol. The molecule has 0 bridgehead atoms. The van der Waals surface area contributed by atoms with Gasteiger partial charge in [0.1, 0.15) is 11.5 Å². The molecular weight excluding hydrogens is 208 g/mol. The number of rotatable bonds is 4. The molecule has 0 fully saturated rings. The number of hydrogen-bond donors (Lipinski definition) is 1. The van der Waals surface area contributed by atoms with Gasteiger partial charge in [-0.3, -0.25) is 4.98 Å². The summed E-state index contributed by atoms with van der Waals surface area (Å²) in [6.45, 7) is 1.96. The van der Waals surface area contributed by atoms with Crippen LogP contribution in [0.2, 0.25) is 0 Å². The van der Waals surface area contributed by atoms with Crippen molar-refractivity contribution in [2.75, 3.05) is 7.05 Å². The minimum absolute atomic E-state index is 0.235. The van der Waals surface area contributed by atoms with Gasteiger partial charge in [-0.25, -0.2) is 0 Å². The number of nitrogens with zero attached hydrogens (tertiary/aromatic N) is 1. The molecule has 0 spiro atoms. The van der Waals surface area contributed by atoms with Crippen molar-refractivity contribution in [1.82, 2.24) is 10.3 Å². The van der Waals surface area contributed by atoms with Crippen molar-refractivity contribution in [3.05, 3.63) is 40.2 Å². The minimum atomic E-state index is 0.235. The normalized spacial score (nSPS) is 12.9. The highest BCUT2D eigenvalue weighted by atomic mass is 32.1. The SMILES string of the molecule is CNC(Cc1cncs1)c1ccc(C)o1. The molecule has 0 saturated carbocycles. The molecule has 2 rings (SSSR count). The van der Waals surface area contributed by atoms with Crippen LogP contribution in [0.25, 0.3) is 0 Å². The van der Waals surface area contributed by atoms with Crippen LogP contribution in [0.1, 0.15) is 22.4 Å². The molecule has 2 aromatic rings. The van der Waals surface area contributed by atoms with Gasteiger partial charge in [-0.1, -0.05) is 0 Å². The first kappa shape index (κ1) is 10.4. The Bertz CT molecular complexity index is 408. The van der Waals surface area contributed by atoms with Crippen molar-refractivity contribution in [3.63, 3.8) is 0 Å². The Labute approximate surface area is 93.2 Å². The lowest BCUT2D eigenvalue weighted by Gasteiger charge is -2.11. The average molecular weight is 222 g/mol. The maximum Gasteiger partial charge on any atom is 0.121 e. The van der Waals surface area contributed by atoms with E-state index in [1.54, 1.807) is 11.3 Å². The number of furan rings is 1. The molecule has 1 atom stereocenters. The first-order chi connectivity index (χ1) is 7.29. The fraction of sp³-hybridized carbons (Fsp3) is 0.364. The molecule has 0 aliphatic heterocycles. The van der Waals surface area contributed by atoms with Crippen molar-refractivity contribution in [3.8, 4) is 0 Å². The lowest BCUT2D eigenvalue weighted by Crippen LogP contribution is -2.17. The molecule has 0 aliphatic rings. The van der Waals surface area contributed by atoms with Gasteiger partial charge in [0.15, 0.2) is 0 Å². The Hall–Kier alpha value is -1.13. The zero-order chi connectivity index (χ0) is 10.7. The molecule has 0 saturated heterocycles. The lowest BCUT2D eigenvalue weighted by molar-refractivity contribution is 0.416. The van der Waals surface area contributed by atoms with Crippen LogP contribution in [0.5, 0.6) is 0 Å². The largest absolute Gasteiger partial charge is 0.465 e. The van der Waals surface area contributed by atoms with Gasteiger partial charge in [0, 0.05) is 17.5 Å². The van der Waals surface area contributed by atoms with Crippen LogP contribution in [0, 0.1) is 6.92 Å². The van der Waals surface area contributed by atoms with Gasteiger partial charge in [-0.15, -0.1) is 11.3 Å². The number of aromatic nitrogens is 1. The van der Waals surface area contributed by atoms with E-state index in [4.69, 9.17) is 4.42 Å². The molecule has 80 valence electrons. The van der Waals surface area contributed by atoms with Crippen LogP contribution < -0.4 is 5.32 Å². The second-order valence-electron chi connectivity index (χ2n) is 3.46. The molecule has 0 aromatic carbocycles. The highest BCUT2D eigenvalue weighted by molar-refractivity contribution is 7.09. The van der Waals surface area contributed by atoms with Crippen LogP contribution in [-0.4, -0.2) is 12.0 Å². The summed E-state index contributed by atoms with van der Waals surface area (Å²) in [6.07, 6.45) is 2.83. The standard InChI is InChI=1S/C11H14N2OS/c1-8-3-4-11(14-8)10(12-2)5-9-6-13-7-15-9/h3-4,6-7,10,12H,5H2,1-2H3. The van der Waals surface area contributed by atoms with Crippen LogP contribution in [0.15, 0.2) is 28.3 Å². The van der Waals surface area contributed by atoms with E-state index in [1.165, 1.54) is 4.88 Å². The third-order valence-corrected chi connectivity index (χ3v) is 3.14. The van der Waals surface area contributed by atoms with E-state index in [0.717, 1.165) is 17.9 Å². The van der Waals surface area contributed by atoms with Gasteiger partial charge in [0.05, 0.1) is 11.6 Å². The zero-order valence-electron chi connectivity index (χ0n) is 8.86. The van der Waals surface area contributed by atoms with Gasteiger partial charge in [0.2, 0.25) is 0 Å². The molecule has 2 heterocycles. The van der Waals surface area contributed by atoms with E-state index >= 15 is 0 Å². The summed E-state index contributed by atoms with van der Waals surface area (Å²) in [5.74, 6) is 1.94. The van der Waals surface area contributed by atoms with Crippen molar-refractivity contribution in [2.45, 2.75) is 19.4 Å². The van der Waals surface area contributed by atoms with E-state index < -0.39 is 0 Å². The van der Waals surface area contributed by atoms with Gasteiger partial charge >= 0.3 is 0 Å². The number of aryl methyl sites for hydroxylation is 1. The highest BCUT2D eigenvalue weighted by Crippen LogP contribution is 2.21. The Morgan fingerprint density at radius 1 is 1.53 bits per heavy atom. The topological polar surface area (TPSA) is 38.1 Å². The molecule has 0 aliphatic carbocycles. The van der Waals surface area contributed by atoms with Crippen molar-refractivity contribution in [1.29, 1.82) is 0 Å². The Kier molecular flexibility index (Phi) is 3.18. The summed E-state index contributed by atoms with van der Waals surface area (Å²) in [5, 5.41) is 3.26. The van der Waals surface area contributed by atoms with Crippen LogP contribution >= 0.6 is 11.3 Å². The maximum absolute atomic E-state index is 5.61. The second-order valence-corrected chi connectivity index (χ2v) is 4.43. The van der Waals surface area contributed by atoms with Crippen molar-refractivity contribution in [2.24, 2.45) is 0 Å². The Balaban J connectivity index is 2.11. The molecule has 2 aromatic heterocycles. The summed E-state index contributed by atoms with van der Waals surface area (Å²) in [5.41, 5.74) is 1.86. The first-order valence-corrected chi connectivity index (χ1v) is 5.78. The lowest BCUT2D eigenvalue weighted by atomic mass is 10.1. The smallest absolute Gasteiger partial charge is 0.121 e. The third kappa shape index (κ3) is 2.46. The Morgan fingerprint density at radius 2 is 2.40 bits per heavy atom. The third-order valence-electron chi connectivity index (χ3n) is 2.34. The number of hydrogen-bond acceptors (Lipinski definition) is 4. The predicted octanol–water partition coefficient (Wildman–Crippen LogP) is 2.55. The molecule has 1 N–H and O–H groups in total. The predicted molar refractivity (Wildman–Crippen MR) is 61.1 cm³/mol. The van der Waals surface area contributed by atoms with E-state index in [1.807, 2.05) is 37.8 Å². The molecular formula is C11H14N2OS. The molecule has 15 heavy (non-hydrogen) atoms. The van der Waals surface area contributed by atoms with Crippen LogP contribution in [0.3, 0.4) is 0 Å². The highest BCUT2D eigenvalue weighted by Gasteiger charge is 2.14. The minimum Gasteiger partial charge on any atom is -0.465 e. The quantitative estimate of drug-likeness (QED) is 0.864. The first-order valence-electron chi connectivity index (χ1n) is 4.90.